The molecule has 7 nitrogen and oxygen atoms in total. The Bertz CT molecular complexity index is 682. The summed E-state index contributed by atoms with van der Waals surface area (Å²) >= 11 is 0. The van der Waals surface area contributed by atoms with Crippen molar-refractivity contribution in [2.24, 2.45) is 0 Å². The molecule has 0 amide bonds. The van der Waals surface area contributed by atoms with Crippen LogP contribution in [0.1, 0.15) is 29.1 Å². The van der Waals surface area contributed by atoms with Crippen LogP contribution in [0, 0.1) is 20.8 Å². The average molecular weight is 300 g/mol. The van der Waals surface area contributed by atoms with Gasteiger partial charge in [0.25, 0.3) is 0 Å². The van der Waals surface area contributed by atoms with Crippen LogP contribution in [0.5, 0.6) is 0 Å². The van der Waals surface area contributed by atoms with Crippen LogP contribution < -0.4 is 4.72 Å². The van der Waals surface area contributed by atoms with Gasteiger partial charge in [0.15, 0.2) is 5.76 Å². The molecule has 8 heteroatoms. The summed E-state index contributed by atoms with van der Waals surface area (Å²) in [6.07, 6.45) is -1.06. The molecule has 1 atom stereocenters. The van der Waals surface area contributed by atoms with Crippen LogP contribution in [0.15, 0.2) is 26.0 Å². The Morgan fingerprint density at radius 1 is 1.35 bits per heavy atom. The van der Waals surface area contributed by atoms with E-state index in [2.05, 4.69) is 9.88 Å². The highest BCUT2D eigenvalue weighted by Crippen LogP contribution is 2.20. The van der Waals surface area contributed by atoms with Crippen LogP contribution in [-0.2, 0) is 10.0 Å². The molecule has 0 aliphatic rings. The maximum absolute atomic E-state index is 12.1. The average Bonchev–Trinajstić information content (AvgIpc) is 2.93. The van der Waals surface area contributed by atoms with Gasteiger partial charge in [-0.05, 0) is 32.9 Å². The number of hydrogen-bond donors (Lipinski definition) is 2. The fourth-order valence-electron chi connectivity index (χ4n) is 1.85. The quantitative estimate of drug-likeness (QED) is 0.859. The van der Waals surface area contributed by atoms with Crippen LogP contribution in [0.2, 0.25) is 0 Å². The zero-order valence-electron chi connectivity index (χ0n) is 11.4. The molecule has 2 N–H and O–H groups in total. The molecule has 0 bridgehead atoms. The molecule has 2 heterocycles. The summed E-state index contributed by atoms with van der Waals surface area (Å²) in [4.78, 5) is 0.000301. The molecule has 0 aromatic carbocycles. The van der Waals surface area contributed by atoms with Gasteiger partial charge >= 0.3 is 0 Å². The minimum absolute atomic E-state index is 0.000301. The molecule has 0 fully saturated rings. The summed E-state index contributed by atoms with van der Waals surface area (Å²) in [6, 6.07) is 3.30. The van der Waals surface area contributed by atoms with Gasteiger partial charge in [0.05, 0.1) is 0 Å². The number of sulfonamides is 1. The van der Waals surface area contributed by atoms with E-state index in [0.29, 0.717) is 11.5 Å². The maximum Gasteiger partial charge on any atom is 0.246 e. The lowest BCUT2D eigenvalue weighted by Crippen LogP contribution is -2.29. The number of hydrogen-bond acceptors (Lipinski definition) is 6. The molecule has 0 saturated heterocycles. The standard InChI is InChI=1S/C12H16N2O5S/c1-7-4-5-11(18-7)10(15)6-13-20(16,17)12-8(2)14-19-9(12)3/h4-5,10,13,15H,6H2,1-3H3/t10-/m1/s1. The van der Waals surface area contributed by atoms with Crippen LogP contribution in [0.3, 0.4) is 0 Å². The molecule has 2 rings (SSSR count). The van der Waals surface area contributed by atoms with Crippen molar-refractivity contribution in [2.45, 2.75) is 31.8 Å². The smallest absolute Gasteiger partial charge is 0.246 e. The van der Waals surface area contributed by atoms with Gasteiger partial charge in [-0.2, -0.15) is 0 Å². The molecule has 0 spiro atoms. The molecule has 110 valence electrons. The Balaban J connectivity index is 2.10. The number of furan rings is 1. The summed E-state index contributed by atoms with van der Waals surface area (Å²) in [5.41, 5.74) is 0.276. The van der Waals surface area contributed by atoms with Gasteiger partial charge in [-0.3, -0.25) is 0 Å². The van der Waals surface area contributed by atoms with E-state index in [1.807, 2.05) is 0 Å². The molecule has 2 aromatic heterocycles. The summed E-state index contributed by atoms with van der Waals surface area (Å²) in [6.45, 7) is 4.60. The van der Waals surface area contributed by atoms with Crippen LogP contribution in [0.25, 0.3) is 0 Å². The molecule has 0 aliphatic carbocycles. The third-order valence-corrected chi connectivity index (χ3v) is 4.46. The van der Waals surface area contributed by atoms with Crippen molar-refractivity contribution in [1.82, 2.24) is 9.88 Å². The highest BCUT2D eigenvalue weighted by molar-refractivity contribution is 7.89. The van der Waals surface area contributed by atoms with Gasteiger partial charge in [0, 0.05) is 6.54 Å². The first kappa shape index (κ1) is 14.8. The number of nitrogens with zero attached hydrogens (tertiary/aromatic N) is 1. The fourth-order valence-corrected chi connectivity index (χ4v) is 3.22. The van der Waals surface area contributed by atoms with E-state index in [0.717, 1.165) is 0 Å². The third kappa shape index (κ3) is 2.92. The zero-order chi connectivity index (χ0) is 14.9. The SMILES string of the molecule is Cc1ccc([C@H](O)CNS(=O)(=O)c2c(C)noc2C)o1. The van der Waals surface area contributed by atoms with Gasteiger partial charge in [-0.15, -0.1) is 0 Å². The fraction of sp³-hybridized carbons (Fsp3) is 0.417. The van der Waals surface area contributed by atoms with Crippen LogP contribution in [-0.4, -0.2) is 25.2 Å². The van der Waals surface area contributed by atoms with E-state index in [4.69, 9.17) is 8.94 Å². The summed E-state index contributed by atoms with van der Waals surface area (Å²) < 4.78 is 36.6. The molecule has 0 unspecified atom stereocenters. The normalized spacial score (nSPS) is 13.6. The van der Waals surface area contributed by atoms with Crippen molar-refractivity contribution in [2.75, 3.05) is 6.54 Å². The molecular weight excluding hydrogens is 284 g/mol. The predicted octanol–water partition coefficient (Wildman–Crippen LogP) is 1.20. The van der Waals surface area contributed by atoms with E-state index in [-0.39, 0.29) is 22.9 Å². The summed E-state index contributed by atoms with van der Waals surface area (Å²) in [7, 11) is -3.78. The molecule has 0 saturated carbocycles. The Morgan fingerprint density at radius 3 is 2.55 bits per heavy atom. The van der Waals surface area contributed by atoms with Crippen molar-refractivity contribution in [3.8, 4) is 0 Å². The van der Waals surface area contributed by atoms with Crippen molar-refractivity contribution in [3.05, 3.63) is 35.1 Å². The van der Waals surface area contributed by atoms with E-state index < -0.39 is 16.1 Å². The number of aliphatic hydroxyl groups excluding tert-OH is 1. The Morgan fingerprint density at radius 2 is 2.05 bits per heavy atom. The number of rotatable bonds is 5. The van der Waals surface area contributed by atoms with E-state index in [1.54, 1.807) is 19.1 Å². The third-order valence-electron chi connectivity index (χ3n) is 2.79. The van der Waals surface area contributed by atoms with Crippen molar-refractivity contribution in [1.29, 1.82) is 0 Å². The molecule has 2 aromatic rings. The predicted molar refractivity (Wildman–Crippen MR) is 69.6 cm³/mol. The first-order valence-corrected chi connectivity index (χ1v) is 7.46. The number of nitrogens with one attached hydrogen (secondary N) is 1. The first-order valence-electron chi connectivity index (χ1n) is 5.98. The first-order chi connectivity index (χ1) is 9.31. The second kappa shape index (κ2) is 5.39. The van der Waals surface area contributed by atoms with Gasteiger partial charge in [0.1, 0.15) is 28.2 Å². The number of aliphatic hydroxyl groups is 1. The largest absolute Gasteiger partial charge is 0.464 e. The van der Waals surface area contributed by atoms with Gasteiger partial charge in [-0.1, -0.05) is 5.16 Å². The topological polar surface area (TPSA) is 106 Å². The van der Waals surface area contributed by atoms with E-state index in [9.17, 15) is 13.5 Å². The second-order valence-electron chi connectivity index (χ2n) is 4.47. The second-order valence-corrected chi connectivity index (χ2v) is 6.17. The van der Waals surface area contributed by atoms with Crippen molar-refractivity contribution >= 4 is 10.0 Å². The molecule has 0 radical (unpaired) electrons. The zero-order valence-corrected chi connectivity index (χ0v) is 12.2. The molecular formula is C12H16N2O5S. The molecule has 20 heavy (non-hydrogen) atoms. The Kier molecular flexibility index (Phi) is 3.98. The highest BCUT2D eigenvalue weighted by atomic mass is 32.2. The lowest BCUT2D eigenvalue weighted by Gasteiger charge is -2.10. The van der Waals surface area contributed by atoms with Gasteiger partial charge in [-0.25, -0.2) is 13.1 Å². The van der Waals surface area contributed by atoms with E-state index >= 15 is 0 Å². The lowest BCUT2D eigenvalue weighted by molar-refractivity contribution is 0.152. The number of aromatic nitrogens is 1. The van der Waals surface area contributed by atoms with Crippen molar-refractivity contribution < 1.29 is 22.5 Å². The van der Waals surface area contributed by atoms with E-state index in [1.165, 1.54) is 13.8 Å². The summed E-state index contributed by atoms with van der Waals surface area (Å²) in [5.74, 6) is 1.16. The summed E-state index contributed by atoms with van der Waals surface area (Å²) in [5, 5.41) is 13.5. The van der Waals surface area contributed by atoms with Crippen molar-refractivity contribution in [3.63, 3.8) is 0 Å². The van der Waals surface area contributed by atoms with Gasteiger partial charge < -0.3 is 14.0 Å². The number of aryl methyl sites for hydroxylation is 3. The highest BCUT2D eigenvalue weighted by Gasteiger charge is 2.25. The minimum Gasteiger partial charge on any atom is -0.464 e. The van der Waals surface area contributed by atoms with Gasteiger partial charge in [0.2, 0.25) is 10.0 Å². The maximum atomic E-state index is 12.1. The monoisotopic (exact) mass is 300 g/mol. The van der Waals surface area contributed by atoms with Crippen LogP contribution in [0.4, 0.5) is 0 Å². The minimum atomic E-state index is -3.78. The molecule has 0 aliphatic heterocycles. The van der Waals surface area contributed by atoms with Crippen LogP contribution >= 0.6 is 0 Å². The Hall–Kier alpha value is -1.64. The lowest BCUT2D eigenvalue weighted by atomic mass is 10.3. The Labute approximate surface area is 116 Å².